The van der Waals surface area contributed by atoms with Crippen LogP contribution in [0, 0.1) is 17.8 Å². The molecular formula is C28H48N2O6. The number of carbonyl (C=O) groups excluding carboxylic acids is 2. The van der Waals surface area contributed by atoms with Crippen LogP contribution in [0.2, 0.25) is 0 Å². The molecule has 0 aliphatic heterocycles. The lowest BCUT2D eigenvalue weighted by molar-refractivity contribution is -0.144. The Labute approximate surface area is 217 Å². The van der Waals surface area contributed by atoms with Gasteiger partial charge in [0.15, 0.2) is 5.54 Å². The molecular weight excluding hydrogens is 460 g/mol. The molecule has 0 amide bonds. The molecule has 0 heterocycles. The molecule has 8 nitrogen and oxygen atoms in total. The lowest BCUT2D eigenvalue weighted by Crippen LogP contribution is -2.36. The summed E-state index contributed by atoms with van der Waals surface area (Å²) in [7, 11) is 0. The Morgan fingerprint density at radius 2 is 1.17 bits per heavy atom. The molecule has 3 unspecified atom stereocenters. The highest BCUT2D eigenvalue weighted by Gasteiger charge is 2.37. The van der Waals surface area contributed by atoms with Gasteiger partial charge < -0.3 is 10.2 Å². The third kappa shape index (κ3) is 15.0. The lowest BCUT2D eigenvalue weighted by atomic mass is 9.86. The predicted molar refractivity (Wildman–Crippen MR) is 140 cm³/mol. The molecule has 0 aliphatic carbocycles. The van der Waals surface area contributed by atoms with Crippen LogP contribution in [0.15, 0.2) is 9.98 Å². The molecule has 8 heteroatoms. The molecule has 0 radical (unpaired) electrons. The molecule has 0 aromatic rings. The van der Waals surface area contributed by atoms with Gasteiger partial charge >= 0.3 is 11.9 Å². The number of aliphatic carboxylic acids is 2. The van der Waals surface area contributed by atoms with E-state index in [1.807, 2.05) is 0 Å². The number of aliphatic imine (C=N–C) groups is 2. The topological polar surface area (TPSA) is 133 Å². The average molecular weight is 509 g/mol. The Bertz CT molecular complexity index is 722. The molecule has 0 aromatic carbocycles. The fourth-order valence-electron chi connectivity index (χ4n) is 4.68. The van der Waals surface area contributed by atoms with Crippen molar-refractivity contribution < 1.29 is 29.4 Å². The van der Waals surface area contributed by atoms with Gasteiger partial charge in [-0.1, -0.05) is 98.3 Å². The van der Waals surface area contributed by atoms with Crippen molar-refractivity contribution in [3.63, 3.8) is 0 Å². The molecule has 0 rings (SSSR count). The van der Waals surface area contributed by atoms with E-state index in [4.69, 9.17) is 0 Å². The highest BCUT2D eigenvalue weighted by atomic mass is 16.4. The average Bonchev–Trinajstić information content (AvgIpc) is 2.79. The summed E-state index contributed by atoms with van der Waals surface area (Å²) in [5.74, 6) is -1.57. The number of unbranched alkanes of at least 4 members (excludes halogenated alkanes) is 6. The summed E-state index contributed by atoms with van der Waals surface area (Å²) >= 11 is 0. The summed E-state index contributed by atoms with van der Waals surface area (Å²) in [5, 5.41) is 19.5. The quantitative estimate of drug-likeness (QED) is 0.0894. The molecule has 36 heavy (non-hydrogen) atoms. The van der Waals surface area contributed by atoms with Crippen molar-refractivity contribution in [2.75, 3.05) is 0 Å². The lowest BCUT2D eigenvalue weighted by Gasteiger charge is -2.24. The third-order valence-electron chi connectivity index (χ3n) is 6.92. The van der Waals surface area contributed by atoms with E-state index < -0.39 is 29.4 Å². The van der Waals surface area contributed by atoms with E-state index in [2.05, 4.69) is 37.7 Å². The SMILES string of the molecule is CC(C)CCCCCC(C(=O)O)C(CCCCCC(CCCCCC(C)C)(N=C=O)C(=O)O)N=C=O. The Balaban J connectivity index is 4.81. The van der Waals surface area contributed by atoms with Gasteiger partial charge in [-0.25, -0.2) is 19.4 Å². The van der Waals surface area contributed by atoms with Gasteiger partial charge in [0.05, 0.1) is 12.0 Å². The van der Waals surface area contributed by atoms with E-state index in [0.29, 0.717) is 56.8 Å². The van der Waals surface area contributed by atoms with E-state index in [1.165, 1.54) is 12.2 Å². The van der Waals surface area contributed by atoms with E-state index in [1.54, 1.807) is 0 Å². The minimum absolute atomic E-state index is 0.224. The number of hydrogen-bond acceptors (Lipinski definition) is 6. The standard InChI is InChI=1S/C28H48N2O6/c1-22(2)14-8-5-10-16-24(26(33)34)25(29-20-31)17-11-7-13-19-28(27(35)36,30-21-32)18-12-6-9-15-23(3)4/h22-25H,5-19H2,1-4H3,(H,33,34)(H,35,36). The Morgan fingerprint density at radius 1 is 0.694 bits per heavy atom. The van der Waals surface area contributed by atoms with Gasteiger partial charge in [-0.3, -0.25) is 4.79 Å². The summed E-state index contributed by atoms with van der Waals surface area (Å²) in [5.41, 5.74) is -1.46. The largest absolute Gasteiger partial charge is 0.481 e. The van der Waals surface area contributed by atoms with E-state index in [9.17, 15) is 29.4 Å². The number of rotatable bonds is 23. The first-order valence-electron chi connectivity index (χ1n) is 13.7. The fourth-order valence-corrected chi connectivity index (χ4v) is 4.68. The Kier molecular flexibility index (Phi) is 18.6. The third-order valence-corrected chi connectivity index (χ3v) is 6.92. The molecule has 3 atom stereocenters. The first-order chi connectivity index (χ1) is 17.1. The van der Waals surface area contributed by atoms with Crippen LogP contribution in [0.3, 0.4) is 0 Å². The normalized spacial score (nSPS) is 14.5. The second-order valence-electron chi connectivity index (χ2n) is 10.9. The fraction of sp³-hybridized carbons (Fsp3) is 0.857. The molecule has 0 fully saturated rings. The van der Waals surface area contributed by atoms with Gasteiger partial charge in [0.2, 0.25) is 12.2 Å². The molecule has 206 valence electrons. The maximum absolute atomic E-state index is 12.0. The molecule has 0 aliphatic rings. The van der Waals surface area contributed by atoms with Gasteiger partial charge in [-0.05, 0) is 37.5 Å². The molecule has 0 saturated carbocycles. The van der Waals surface area contributed by atoms with Crippen molar-refractivity contribution in [2.24, 2.45) is 27.7 Å². The number of carbonyl (C=O) groups is 2. The predicted octanol–water partition coefficient (Wildman–Crippen LogP) is 6.71. The van der Waals surface area contributed by atoms with Crippen molar-refractivity contribution in [3.8, 4) is 0 Å². The first kappa shape index (κ1) is 33.7. The van der Waals surface area contributed by atoms with Crippen LogP contribution in [-0.2, 0) is 19.2 Å². The zero-order valence-electron chi connectivity index (χ0n) is 22.8. The summed E-state index contributed by atoms with van der Waals surface area (Å²) in [6.45, 7) is 8.62. The van der Waals surface area contributed by atoms with Crippen molar-refractivity contribution in [1.82, 2.24) is 0 Å². The van der Waals surface area contributed by atoms with Crippen molar-refractivity contribution in [2.45, 2.75) is 136 Å². The van der Waals surface area contributed by atoms with Gasteiger partial charge in [0.1, 0.15) is 0 Å². The minimum atomic E-state index is -1.46. The highest BCUT2D eigenvalue weighted by molar-refractivity contribution is 5.80. The first-order valence-corrected chi connectivity index (χ1v) is 13.7. The molecule has 0 aromatic heterocycles. The van der Waals surface area contributed by atoms with Crippen LogP contribution < -0.4 is 0 Å². The van der Waals surface area contributed by atoms with Crippen LogP contribution in [0.5, 0.6) is 0 Å². The van der Waals surface area contributed by atoms with Crippen LogP contribution in [0.4, 0.5) is 0 Å². The summed E-state index contributed by atoms with van der Waals surface area (Å²) < 4.78 is 0. The van der Waals surface area contributed by atoms with Crippen molar-refractivity contribution in [3.05, 3.63) is 0 Å². The van der Waals surface area contributed by atoms with Crippen LogP contribution in [0.25, 0.3) is 0 Å². The summed E-state index contributed by atoms with van der Waals surface area (Å²) in [6.07, 6.45) is 13.7. The van der Waals surface area contributed by atoms with Crippen molar-refractivity contribution in [1.29, 1.82) is 0 Å². The highest BCUT2D eigenvalue weighted by Crippen LogP contribution is 2.29. The van der Waals surface area contributed by atoms with E-state index in [-0.39, 0.29) is 6.42 Å². The van der Waals surface area contributed by atoms with Crippen LogP contribution >= 0.6 is 0 Å². The van der Waals surface area contributed by atoms with Gasteiger partial charge in [0.25, 0.3) is 0 Å². The second-order valence-corrected chi connectivity index (χ2v) is 10.9. The summed E-state index contributed by atoms with van der Waals surface area (Å²) in [4.78, 5) is 53.3. The molecule has 2 N–H and O–H groups in total. The number of hydrogen-bond donors (Lipinski definition) is 2. The zero-order valence-corrected chi connectivity index (χ0v) is 22.8. The Morgan fingerprint density at radius 3 is 1.58 bits per heavy atom. The molecule has 0 saturated heterocycles. The van der Waals surface area contributed by atoms with Crippen LogP contribution in [0.1, 0.15) is 124 Å². The molecule has 0 spiro atoms. The van der Waals surface area contributed by atoms with Gasteiger partial charge in [-0.2, -0.15) is 4.99 Å². The zero-order chi connectivity index (χ0) is 27.4. The molecule has 0 bridgehead atoms. The maximum Gasteiger partial charge on any atom is 0.332 e. The van der Waals surface area contributed by atoms with E-state index >= 15 is 0 Å². The maximum atomic E-state index is 12.0. The number of carboxylic acid groups (broad SMARTS) is 2. The van der Waals surface area contributed by atoms with Crippen molar-refractivity contribution >= 4 is 24.1 Å². The van der Waals surface area contributed by atoms with Gasteiger partial charge in [0, 0.05) is 0 Å². The van der Waals surface area contributed by atoms with E-state index in [0.717, 1.165) is 44.9 Å². The summed E-state index contributed by atoms with van der Waals surface area (Å²) in [6, 6.07) is -0.636. The number of nitrogens with zero attached hydrogens (tertiary/aromatic N) is 2. The van der Waals surface area contributed by atoms with Gasteiger partial charge in [-0.15, -0.1) is 0 Å². The Hall–Kier alpha value is -2.30. The monoisotopic (exact) mass is 508 g/mol. The second kappa shape index (κ2) is 19.8. The minimum Gasteiger partial charge on any atom is -0.481 e. The van der Waals surface area contributed by atoms with Crippen LogP contribution in [-0.4, -0.2) is 45.9 Å². The number of carboxylic acids is 2. The number of isocyanates is 2. The smallest absolute Gasteiger partial charge is 0.332 e.